The Balaban J connectivity index is 1.63. The monoisotopic (exact) mass is 445 g/mol. The van der Waals surface area contributed by atoms with E-state index in [0.717, 1.165) is 23.0 Å². The number of allylic oxidation sites excluding steroid dienone is 3. The van der Waals surface area contributed by atoms with E-state index in [4.69, 9.17) is 10.5 Å². The summed E-state index contributed by atoms with van der Waals surface area (Å²) in [5.41, 5.74) is 6.58. The van der Waals surface area contributed by atoms with Gasteiger partial charge in [0, 0.05) is 30.7 Å². The first kappa shape index (κ1) is 21.8. The van der Waals surface area contributed by atoms with Gasteiger partial charge in [0.1, 0.15) is 11.7 Å². The van der Waals surface area contributed by atoms with Gasteiger partial charge in [0.05, 0.1) is 22.1 Å². The quantitative estimate of drug-likeness (QED) is 0.710. The Labute approximate surface area is 184 Å². The molecule has 2 heterocycles. The first-order valence-electron chi connectivity index (χ1n) is 10.3. The predicted molar refractivity (Wildman–Crippen MR) is 116 cm³/mol. The van der Waals surface area contributed by atoms with Crippen molar-refractivity contribution in [2.75, 3.05) is 6.61 Å². The van der Waals surface area contributed by atoms with E-state index in [-0.39, 0.29) is 17.4 Å². The Bertz CT molecular complexity index is 1050. The van der Waals surface area contributed by atoms with Gasteiger partial charge in [0.25, 0.3) is 0 Å². The van der Waals surface area contributed by atoms with Crippen LogP contribution in [0.15, 0.2) is 64.1 Å². The van der Waals surface area contributed by atoms with Crippen LogP contribution in [-0.4, -0.2) is 28.4 Å². The number of carbonyl (C=O) groups excluding carboxylic acids is 1. The number of ether oxygens (including phenoxy) is 1. The average Bonchev–Trinajstić information content (AvgIpc) is 3.17. The standard InChI is InChI=1S/C23H25F2N3O2S/c1-14-13-23(22(26)29,10-12-30-14)17-7-8-18(24)21(20(17)25)31-16-5-3-15(4-6-16)19-9-11-27-28(19)2/h3-6,8-9,11,14,17H,7,10,12-13H2,1-2H3,(H2,26,29)/t14-,17?,23+/m0/s1. The molecule has 2 aliphatic rings. The Kier molecular flexibility index (Phi) is 6.03. The highest BCUT2D eigenvalue weighted by Gasteiger charge is 2.50. The Morgan fingerprint density at radius 1 is 1.29 bits per heavy atom. The number of aryl methyl sites for hydroxylation is 1. The second-order valence-electron chi connectivity index (χ2n) is 8.14. The van der Waals surface area contributed by atoms with E-state index in [0.29, 0.717) is 24.3 Å². The molecule has 1 aromatic heterocycles. The second kappa shape index (κ2) is 8.59. The lowest BCUT2D eigenvalue weighted by atomic mass is 9.65. The first-order chi connectivity index (χ1) is 14.8. The molecule has 0 bridgehead atoms. The third-order valence-corrected chi connectivity index (χ3v) is 7.33. The fraction of sp³-hybridized carbons (Fsp3) is 0.391. The van der Waals surface area contributed by atoms with Crippen molar-refractivity contribution < 1.29 is 18.3 Å². The van der Waals surface area contributed by atoms with Gasteiger partial charge in [-0.3, -0.25) is 9.48 Å². The normalized spacial score (nSPS) is 26.6. The smallest absolute Gasteiger partial charge is 0.224 e. The number of primary amides is 1. The van der Waals surface area contributed by atoms with Gasteiger partial charge in [-0.05, 0) is 56.0 Å². The number of aromatic nitrogens is 2. The third kappa shape index (κ3) is 4.06. The van der Waals surface area contributed by atoms with Crippen LogP contribution < -0.4 is 5.73 Å². The fourth-order valence-electron chi connectivity index (χ4n) is 4.55. The van der Waals surface area contributed by atoms with Gasteiger partial charge in [0.2, 0.25) is 5.91 Å². The predicted octanol–water partition coefficient (Wildman–Crippen LogP) is 4.90. The molecule has 2 aromatic rings. The van der Waals surface area contributed by atoms with Gasteiger partial charge in [-0.2, -0.15) is 5.10 Å². The molecule has 1 saturated heterocycles. The molecule has 1 unspecified atom stereocenters. The molecule has 1 fully saturated rings. The van der Waals surface area contributed by atoms with Crippen LogP contribution >= 0.6 is 11.8 Å². The number of hydrogen-bond donors (Lipinski definition) is 1. The lowest BCUT2D eigenvalue weighted by Crippen LogP contribution is -2.49. The molecule has 0 radical (unpaired) electrons. The van der Waals surface area contributed by atoms with Crippen LogP contribution in [0.4, 0.5) is 8.78 Å². The molecule has 8 heteroatoms. The molecule has 2 N–H and O–H groups in total. The van der Waals surface area contributed by atoms with Crippen molar-refractivity contribution in [3.05, 3.63) is 59.2 Å². The van der Waals surface area contributed by atoms with E-state index in [1.54, 1.807) is 10.9 Å². The van der Waals surface area contributed by atoms with Gasteiger partial charge in [-0.25, -0.2) is 8.78 Å². The Morgan fingerprint density at radius 2 is 2.03 bits per heavy atom. The van der Waals surface area contributed by atoms with E-state index in [1.165, 1.54) is 6.08 Å². The zero-order valence-electron chi connectivity index (χ0n) is 17.5. The number of hydrogen-bond acceptors (Lipinski definition) is 4. The molecule has 31 heavy (non-hydrogen) atoms. The summed E-state index contributed by atoms with van der Waals surface area (Å²) in [6.45, 7) is 2.18. The molecule has 3 atom stereocenters. The zero-order chi connectivity index (χ0) is 22.2. The molecule has 164 valence electrons. The minimum absolute atomic E-state index is 0.0793. The van der Waals surface area contributed by atoms with Crippen molar-refractivity contribution in [1.82, 2.24) is 9.78 Å². The average molecular weight is 446 g/mol. The number of benzene rings is 1. The number of nitrogens with two attached hydrogens (primary N) is 1. The highest BCUT2D eigenvalue weighted by molar-refractivity contribution is 8.03. The van der Waals surface area contributed by atoms with Crippen LogP contribution in [0, 0.1) is 11.3 Å². The lowest BCUT2D eigenvalue weighted by molar-refractivity contribution is -0.142. The summed E-state index contributed by atoms with van der Waals surface area (Å²) in [5.74, 6) is -2.54. The van der Waals surface area contributed by atoms with E-state index in [2.05, 4.69) is 5.10 Å². The maximum absolute atomic E-state index is 15.6. The van der Waals surface area contributed by atoms with Gasteiger partial charge in [-0.1, -0.05) is 23.9 Å². The van der Waals surface area contributed by atoms with Gasteiger partial charge < -0.3 is 10.5 Å². The largest absolute Gasteiger partial charge is 0.378 e. The van der Waals surface area contributed by atoms with Crippen LogP contribution in [0.3, 0.4) is 0 Å². The topological polar surface area (TPSA) is 70.1 Å². The number of thioether (sulfide) groups is 1. The number of nitrogens with zero attached hydrogens (tertiary/aromatic N) is 2. The van der Waals surface area contributed by atoms with E-state index >= 15 is 4.39 Å². The first-order valence-corrected chi connectivity index (χ1v) is 11.1. The number of amides is 1. The van der Waals surface area contributed by atoms with Crippen LogP contribution in [0.5, 0.6) is 0 Å². The van der Waals surface area contributed by atoms with Crippen LogP contribution in [0.1, 0.15) is 26.2 Å². The summed E-state index contributed by atoms with van der Waals surface area (Å²) in [6.07, 6.45) is 3.64. The van der Waals surface area contributed by atoms with E-state index in [1.807, 2.05) is 44.3 Å². The Hall–Kier alpha value is -2.45. The SMILES string of the molecule is C[C@H]1C[C@@](C(N)=O)(C2CC=C(F)C(Sc3ccc(-c4ccnn4C)cc3)=C2F)CCO1. The maximum atomic E-state index is 15.6. The molecule has 0 spiro atoms. The van der Waals surface area contributed by atoms with Crippen LogP contribution in [0.2, 0.25) is 0 Å². The molecule has 1 aliphatic heterocycles. The highest BCUT2D eigenvalue weighted by Crippen LogP contribution is 2.51. The molecule has 0 saturated carbocycles. The lowest BCUT2D eigenvalue weighted by Gasteiger charge is -2.43. The third-order valence-electron chi connectivity index (χ3n) is 6.22. The fourth-order valence-corrected chi connectivity index (χ4v) is 5.48. The van der Waals surface area contributed by atoms with Gasteiger partial charge >= 0.3 is 0 Å². The van der Waals surface area contributed by atoms with Crippen molar-refractivity contribution >= 4 is 17.7 Å². The molecule has 5 nitrogen and oxygen atoms in total. The molecule has 1 aliphatic carbocycles. The minimum Gasteiger partial charge on any atom is -0.378 e. The summed E-state index contributed by atoms with van der Waals surface area (Å²) < 4.78 is 37.6. The van der Waals surface area contributed by atoms with Crippen LogP contribution in [0.25, 0.3) is 11.3 Å². The van der Waals surface area contributed by atoms with Crippen molar-refractivity contribution in [2.45, 2.75) is 37.2 Å². The summed E-state index contributed by atoms with van der Waals surface area (Å²) in [4.78, 5) is 13.1. The van der Waals surface area contributed by atoms with Crippen molar-refractivity contribution in [2.24, 2.45) is 24.1 Å². The molecule has 1 amide bonds. The number of carbonyl (C=O) groups is 1. The van der Waals surface area contributed by atoms with Crippen molar-refractivity contribution in [3.63, 3.8) is 0 Å². The summed E-state index contributed by atoms with van der Waals surface area (Å²) in [7, 11) is 1.85. The maximum Gasteiger partial charge on any atom is 0.224 e. The van der Waals surface area contributed by atoms with E-state index < -0.39 is 28.9 Å². The second-order valence-corrected chi connectivity index (χ2v) is 9.22. The number of rotatable bonds is 5. The van der Waals surface area contributed by atoms with Crippen molar-refractivity contribution in [1.29, 1.82) is 0 Å². The minimum atomic E-state index is -1.08. The van der Waals surface area contributed by atoms with Gasteiger partial charge in [0.15, 0.2) is 0 Å². The molecule has 4 rings (SSSR count). The number of halogens is 2. The van der Waals surface area contributed by atoms with Crippen molar-refractivity contribution in [3.8, 4) is 11.3 Å². The van der Waals surface area contributed by atoms with Gasteiger partial charge in [-0.15, -0.1) is 0 Å². The van der Waals surface area contributed by atoms with Crippen LogP contribution in [-0.2, 0) is 16.6 Å². The summed E-state index contributed by atoms with van der Waals surface area (Å²) in [6, 6.07) is 9.33. The summed E-state index contributed by atoms with van der Waals surface area (Å²) in [5, 5.41) is 4.16. The molecular formula is C23H25F2N3O2S. The zero-order valence-corrected chi connectivity index (χ0v) is 18.3. The molecule has 1 aromatic carbocycles. The Morgan fingerprint density at radius 3 is 2.65 bits per heavy atom. The molecular weight excluding hydrogens is 420 g/mol. The summed E-state index contributed by atoms with van der Waals surface area (Å²) >= 11 is 1.03. The highest BCUT2D eigenvalue weighted by atomic mass is 32.2. The van der Waals surface area contributed by atoms with E-state index in [9.17, 15) is 9.18 Å².